The molecule has 0 spiro atoms. The second-order valence-corrected chi connectivity index (χ2v) is 8.79. The zero-order valence-corrected chi connectivity index (χ0v) is 18.7. The molecule has 0 saturated heterocycles. The van der Waals surface area contributed by atoms with E-state index in [4.69, 9.17) is 4.98 Å². The molecule has 2 aromatic heterocycles. The molecule has 33 heavy (non-hydrogen) atoms. The lowest BCUT2D eigenvalue weighted by Gasteiger charge is -2.19. The first-order chi connectivity index (χ1) is 16.1. The first-order valence-electron chi connectivity index (χ1n) is 11.3. The summed E-state index contributed by atoms with van der Waals surface area (Å²) in [6.07, 6.45) is 18.5. The minimum Gasteiger partial charge on any atom is -0.341 e. The van der Waals surface area contributed by atoms with Gasteiger partial charge in [-0.1, -0.05) is 67.3 Å². The standard InChI is InChI=1S/C29H27N3O/c1-3-4-6-11-21(2)32-27(30-23-13-7-5-8-14-23)18-26(33)25-16-15-24(31-28(25)32)20-29-17-10-9-12-22(29)19-29/h3-18,22,30H,1,19-20H2,2H3/b6-4-,21-11+. The Morgan fingerprint density at radius 3 is 2.85 bits per heavy atom. The summed E-state index contributed by atoms with van der Waals surface area (Å²) in [6.45, 7) is 5.76. The van der Waals surface area contributed by atoms with Crippen LogP contribution in [0.25, 0.3) is 16.7 Å². The average molecular weight is 434 g/mol. The molecule has 1 saturated carbocycles. The van der Waals surface area contributed by atoms with Crippen LogP contribution in [0.2, 0.25) is 0 Å². The zero-order chi connectivity index (χ0) is 22.8. The third-order valence-electron chi connectivity index (χ3n) is 6.47. The number of fused-ring (bicyclic) bond motifs is 2. The van der Waals surface area contributed by atoms with Crippen LogP contribution in [0.3, 0.4) is 0 Å². The molecule has 3 aromatic rings. The van der Waals surface area contributed by atoms with Gasteiger partial charge in [-0.15, -0.1) is 0 Å². The highest BCUT2D eigenvalue weighted by molar-refractivity contribution is 5.83. The number of para-hydroxylation sites is 1. The minimum absolute atomic E-state index is 0.0453. The molecule has 2 aliphatic rings. The maximum absolute atomic E-state index is 13.0. The van der Waals surface area contributed by atoms with Crippen LogP contribution >= 0.6 is 0 Å². The topological polar surface area (TPSA) is 46.9 Å². The van der Waals surface area contributed by atoms with Crippen LogP contribution in [-0.4, -0.2) is 9.55 Å². The van der Waals surface area contributed by atoms with Crippen molar-refractivity contribution in [1.29, 1.82) is 0 Å². The van der Waals surface area contributed by atoms with Gasteiger partial charge in [0.1, 0.15) is 11.5 Å². The van der Waals surface area contributed by atoms with E-state index in [1.54, 1.807) is 12.1 Å². The maximum Gasteiger partial charge on any atom is 0.193 e. The number of aromatic nitrogens is 2. The van der Waals surface area contributed by atoms with Crippen LogP contribution in [0.4, 0.5) is 11.5 Å². The zero-order valence-electron chi connectivity index (χ0n) is 18.7. The fourth-order valence-corrected chi connectivity index (χ4v) is 4.64. The van der Waals surface area contributed by atoms with Gasteiger partial charge in [-0.3, -0.25) is 9.36 Å². The number of allylic oxidation sites excluding steroid dienone is 9. The Morgan fingerprint density at radius 2 is 2.06 bits per heavy atom. The quantitative estimate of drug-likeness (QED) is 0.438. The van der Waals surface area contributed by atoms with Gasteiger partial charge in [0.05, 0.1) is 5.39 Å². The summed E-state index contributed by atoms with van der Waals surface area (Å²) >= 11 is 0. The Morgan fingerprint density at radius 1 is 1.21 bits per heavy atom. The van der Waals surface area contributed by atoms with Crippen LogP contribution in [0.15, 0.2) is 109 Å². The molecule has 0 bridgehead atoms. The largest absolute Gasteiger partial charge is 0.341 e. The van der Waals surface area contributed by atoms with Crippen LogP contribution in [0.1, 0.15) is 19.0 Å². The number of benzene rings is 1. The predicted octanol–water partition coefficient (Wildman–Crippen LogP) is 6.42. The molecule has 5 rings (SSSR count). The Balaban J connectivity index is 1.64. The van der Waals surface area contributed by atoms with Crippen molar-refractivity contribution in [2.45, 2.75) is 19.8 Å². The molecule has 0 radical (unpaired) electrons. The van der Waals surface area contributed by atoms with E-state index in [0.29, 0.717) is 22.8 Å². The van der Waals surface area contributed by atoms with E-state index in [2.05, 4.69) is 36.2 Å². The first-order valence-corrected chi connectivity index (χ1v) is 11.3. The molecule has 0 amide bonds. The molecule has 4 nitrogen and oxygen atoms in total. The summed E-state index contributed by atoms with van der Waals surface area (Å²) < 4.78 is 2.03. The number of hydrogen-bond donors (Lipinski definition) is 1. The van der Waals surface area contributed by atoms with E-state index in [0.717, 1.165) is 29.9 Å². The van der Waals surface area contributed by atoms with E-state index in [9.17, 15) is 4.79 Å². The van der Waals surface area contributed by atoms with Gasteiger partial charge in [0.2, 0.25) is 0 Å². The van der Waals surface area contributed by atoms with Crippen LogP contribution in [0.5, 0.6) is 0 Å². The number of nitrogens with one attached hydrogen (secondary N) is 1. The molecule has 2 aliphatic carbocycles. The molecule has 2 atom stereocenters. The maximum atomic E-state index is 13.0. The average Bonchev–Trinajstić information content (AvgIpc) is 3.54. The van der Waals surface area contributed by atoms with Crippen molar-refractivity contribution in [1.82, 2.24) is 9.55 Å². The predicted molar refractivity (Wildman–Crippen MR) is 138 cm³/mol. The summed E-state index contributed by atoms with van der Waals surface area (Å²) in [5.41, 5.74) is 3.67. The van der Waals surface area contributed by atoms with Crippen LogP contribution < -0.4 is 10.7 Å². The Kier molecular flexibility index (Phi) is 5.43. The molecule has 1 aromatic carbocycles. The molecule has 0 aliphatic heterocycles. The van der Waals surface area contributed by atoms with Gasteiger partial charge in [0.25, 0.3) is 0 Å². The van der Waals surface area contributed by atoms with Crippen molar-refractivity contribution in [2.24, 2.45) is 11.3 Å². The van der Waals surface area contributed by atoms with Crippen molar-refractivity contribution in [3.63, 3.8) is 0 Å². The Bertz CT molecular complexity index is 1390. The SMILES string of the molecule is C=C/C=C\C=C(/C)n1c(Nc2ccccc2)cc(=O)c2ccc(CC34C=CC=CC3C4)nc21. The lowest BCUT2D eigenvalue weighted by atomic mass is 9.93. The Labute approximate surface area is 194 Å². The van der Waals surface area contributed by atoms with Crippen LogP contribution in [0, 0.1) is 11.3 Å². The lowest BCUT2D eigenvalue weighted by Crippen LogP contribution is -2.15. The molecule has 2 heterocycles. The number of hydrogen-bond acceptors (Lipinski definition) is 3. The summed E-state index contributed by atoms with van der Waals surface area (Å²) in [5.74, 6) is 1.28. The van der Waals surface area contributed by atoms with E-state index in [1.807, 2.05) is 72.2 Å². The third kappa shape index (κ3) is 4.12. The molecule has 2 unspecified atom stereocenters. The number of pyridine rings is 2. The van der Waals surface area contributed by atoms with Gasteiger partial charge < -0.3 is 5.32 Å². The highest BCUT2D eigenvalue weighted by atomic mass is 16.1. The van der Waals surface area contributed by atoms with Crippen molar-refractivity contribution >= 4 is 28.2 Å². The number of nitrogens with zero attached hydrogens (tertiary/aromatic N) is 2. The fraction of sp³-hybridized carbons (Fsp3) is 0.172. The van der Waals surface area contributed by atoms with E-state index in [-0.39, 0.29) is 10.8 Å². The van der Waals surface area contributed by atoms with Gasteiger partial charge >= 0.3 is 0 Å². The van der Waals surface area contributed by atoms with Crippen molar-refractivity contribution < 1.29 is 0 Å². The lowest BCUT2D eigenvalue weighted by molar-refractivity contribution is 0.595. The van der Waals surface area contributed by atoms with Crippen molar-refractivity contribution in [2.75, 3.05) is 5.32 Å². The summed E-state index contributed by atoms with van der Waals surface area (Å²) in [6, 6.07) is 15.4. The van der Waals surface area contributed by atoms with E-state index < -0.39 is 0 Å². The molecular formula is C29H27N3O. The fourth-order valence-electron chi connectivity index (χ4n) is 4.64. The van der Waals surface area contributed by atoms with Gasteiger partial charge in [0, 0.05) is 28.6 Å². The van der Waals surface area contributed by atoms with E-state index in [1.165, 1.54) is 0 Å². The number of anilines is 2. The summed E-state index contributed by atoms with van der Waals surface area (Å²) in [4.78, 5) is 18.1. The minimum atomic E-state index is -0.0453. The van der Waals surface area contributed by atoms with Crippen molar-refractivity contribution in [3.05, 3.63) is 120 Å². The Hall–Kier alpha value is -3.92. The second kappa shape index (κ2) is 8.55. The van der Waals surface area contributed by atoms with Crippen LogP contribution in [-0.2, 0) is 6.42 Å². The van der Waals surface area contributed by atoms with Gasteiger partial charge in [-0.05, 0) is 56.0 Å². The molecule has 1 N–H and O–H groups in total. The molecular weight excluding hydrogens is 406 g/mol. The molecule has 1 fully saturated rings. The molecule has 4 heteroatoms. The third-order valence-corrected chi connectivity index (χ3v) is 6.47. The smallest absolute Gasteiger partial charge is 0.193 e. The molecule has 164 valence electrons. The highest BCUT2D eigenvalue weighted by Gasteiger charge is 2.51. The van der Waals surface area contributed by atoms with Gasteiger partial charge in [0.15, 0.2) is 5.43 Å². The van der Waals surface area contributed by atoms with Gasteiger partial charge in [-0.25, -0.2) is 4.98 Å². The summed E-state index contributed by atoms with van der Waals surface area (Å²) in [5, 5.41) is 4.02. The number of rotatable bonds is 7. The normalized spacial score (nSPS) is 21.4. The highest BCUT2D eigenvalue weighted by Crippen LogP contribution is 2.58. The van der Waals surface area contributed by atoms with Crippen molar-refractivity contribution in [3.8, 4) is 0 Å². The monoisotopic (exact) mass is 433 g/mol. The van der Waals surface area contributed by atoms with Gasteiger partial charge in [-0.2, -0.15) is 0 Å². The second-order valence-electron chi connectivity index (χ2n) is 8.79. The first kappa shape index (κ1) is 21.0. The summed E-state index contributed by atoms with van der Waals surface area (Å²) in [7, 11) is 0. The van der Waals surface area contributed by atoms with E-state index >= 15 is 0 Å².